The summed E-state index contributed by atoms with van der Waals surface area (Å²) in [6.07, 6.45) is 7.60. The Balaban J connectivity index is 2.25. The van der Waals surface area contributed by atoms with Crippen LogP contribution in [0.2, 0.25) is 0 Å². The maximum absolute atomic E-state index is 6.87. The zero-order valence-corrected chi connectivity index (χ0v) is 11.9. The normalized spacial score (nSPS) is 27.7. The van der Waals surface area contributed by atoms with Crippen molar-refractivity contribution in [3.63, 3.8) is 0 Å². The van der Waals surface area contributed by atoms with Crippen LogP contribution in [0.25, 0.3) is 0 Å². The second-order valence-corrected chi connectivity index (χ2v) is 6.13. The molecule has 0 aromatic heterocycles. The molecule has 0 heterocycles. The van der Waals surface area contributed by atoms with Crippen LogP contribution < -0.4 is 5.73 Å². The first kappa shape index (κ1) is 13.6. The van der Waals surface area contributed by atoms with Crippen LogP contribution in [0.15, 0.2) is 30.3 Å². The highest BCUT2D eigenvalue weighted by Gasteiger charge is 2.37. The fourth-order valence-electron chi connectivity index (χ4n) is 3.65. The molecule has 3 unspecified atom stereocenters. The molecule has 1 nitrogen and oxygen atoms in total. The van der Waals surface area contributed by atoms with Crippen LogP contribution in [-0.2, 0) is 5.54 Å². The molecule has 2 N–H and O–H groups in total. The monoisotopic (exact) mass is 245 g/mol. The van der Waals surface area contributed by atoms with Crippen molar-refractivity contribution in [1.82, 2.24) is 0 Å². The van der Waals surface area contributed by atoms with Gasteiger partial charge in [-0.25, -0.2) is 0 Å². The van der Waals surface area contributed by atoms with E-state index in [9.17, 15) is 0 Å². The summed E-state index contributed by atoms with van der Waals surface area (Å²) in [6, 6.07) is 10.8. The molecular formula is C17H27N. The molecule has 0 aliphatic heterocycles. The Morgan fingerprint density at radius 3 is 2.56 bits per heavy atom. The van der Waals surface area contributed by atoms with E-state index in [0.717, 1.165) is 18.8 Å². The first-order valence-electron chi connectivity index (χ1n) is 7.51. The fraction of sp³-hybridized carbons (Fsp3) is 0.647. The van der Waals surface area contributed by atoms with Crippen LogP contribution in [0.5, 0.6) is 0 Å². The largest absolute Gasteiger partial charge is 0.321 e. The molecule has 2 rings (SSSR count). The van der Waals surface area contributed by atoms with Gasteiger partial charge in [-0.2, -0.15) is 0 Å². The van der Waals surface area contributed by atoms with Gasteiger partial charge in [0.25, 0.3) is 0 Å². The van der Waals surface area contributed by atoms with E-state index in [1.165, 1.54) is 31.2 Å². The summed E-state index contributed by atoms with van der Waals surface area (Å²) >= 11 is 0. The molecular weight excluding hydrogens is 218 g/mol. The zero-order valence-electron chi connectivity index (χ0n) is 11.9. The molecule has 1 aliphatic rings. The molecule has 1 fully saturated rings. The third-order valence-corrected chi connectivity index (χ3v) is 4.64. The molecule has 100 valence electrons. The summed E-state index contributed by atoms with van der Waals surface area (Å²) in [6.45, 7) is 4.63. The number of benzene rings is 1. The van der Waals surface area contributed by atoms with Crippen molar-refractivity contribution in [1.29, 1.82) is 0 Å². The van der Waals surface area contributed by atoms with E-state index in [-0.39, 0.29) is 5.54 Å². The maximum atomic E-state index is 6.87. The van der Waals surface area contributed by atoms with Crippen LogP contribution in [-0.4, -0.2) is 0 Å². The molecule has 0 amide bonds. The first-order valence-corrected chi connectivity index (χ1v) is 7.51. The predicted molar refractivity (Wildman–Crippen MR) is 78.3 cm³/mol. The molecule has 18 heavy (non-hydrogen) atoms. The Morgan fingerprint density at radius 2 is 1.94 bits per heavy atom. The van der Waals surface area contributed by atoms with Gasteiger partial charge in [-0.1, -0.05) is 63.4 Å². The Morgan fingerprint density at radius 1 is 1.22 bits per heavy atom. The molecule has 0 radical (unpaired) electrons. The van der Waals surface area contributed by atoms with Crippen molar-refractivity contribution >= 4 is 0 Å². The first-order chi connectivity index (χ1) is 8.66. The van der Waals surface area contributed by atoms with Gasteiger partial charge in [0.05, 0.1) is 0 Å². The smallest absolute Gasteiger partial charge is 0.0438 e. The summed E-state index contributed by atoms with van der Waals surface area (Å²) in [5.41, 5.74) is 8.10. The van der Waals surface area contributed by atoms with Crippen LogP contribution in [0, 0.1) is 11.8 Å². The number of hydrogen-bond donors (Lipinski definition) is 1. The molecule has 3 atom stereocenters. The Labute approximate surface area is 112 Å². The third-order valence-electron chi connectivity index (χ3n) is 4.64. The van der Waals surface area contributed by atoms with Gasteiger partial charge in [-0.3, -0.25) is 0 Å². The minimum atomic E-state index is -0.106. The van der Waals surface area contributed by atoms with E-state index >= 15 is 0 Å². The number of nitrogens with two attached hydrogens (primary N) is 1. The van der Waals surface area contributed by atoms with Gasteiger partial charge in [0, 0.05) is 5.54 Å². The Hall–Kier alpha value is -0.820. The molecule has 1 aromatic carbocycles. The molecule has 1 heteroatoms. The lowest BCUT2D eigenvalue weighted by Gasteiger charge is -2.42. The van der Waals surface area contributed by atoms with Gasteiger partial charge >= 0.3 is 0 Å². The highest BCUT2D eigenvalue weighted by atomic mass is 14.8. The molecule has 0 bridgehead atoms. The second kappa shape index (κ2) is 5.88. The lowest BCUT2D eigenvalue weighted by molar-refractivity contribution is 0.160. The highest BCUT2D eigenvalue weighted by molar-refractivity contribution is 5.25. The SMILES string of the molecule is CCCC(N)(c1ccccc1)C1CCCC(C)C1. The standard InChI is InChI=1S/C17H27N/c1-3-12-17(18,15-9-5-4-6-10-15)16-11-7-8-14(2)13-16/h4-6,9-10,14,16H,3,7-8,11-13,18H2,1-2H3. The van der Waals surface area contributed by atoms with Crippen LogP contribution >= 0.6 is 0 Å². The van der Waals surface area contributed by atoms with E-state index < -0.39 is 0 Å². The lowest BCUT2D eigenvalue weighted by Crippen LogP contribution is -2.45. The molecule has 1 aromatic rings. The summed E-state index contributed by atoms with van der Waals surface area (Å²) in [4.78, 5) is 0. The van der Waals surface area contributed by atoms with Crippen molar-refractivity contribution in [2.45, 2.75) is 57.9 Å². The van der Waals surface area contributed by atoms with Crippen molar-refractivity contribution in [3.8, 4) is 0 Å². The number of hydrogen-bond acceptors (Lipinski definition) is 1. The summed E-state index contributed by atoms with van der Waals surface area (Å²) in [5.74, 6) is 1.50. The van der Waals surface area contributed by atoms with Gasteiger partial charge in [0.1, 0.15) is 0 Å². The van der Waals surface area contributed by atoms with Gasteiger partial charge in [0.2, 0.25) is 0 Å². The number of rotatable bonds is 4. The summed E-state index contributed by atoms with van der Waals surface area (Å²) in [5, 5.41) is 0. The zero-order chi connectivity index (χ0) is 13.0. The minimum absolute atomic E-state index is 0.106. The van der Waals surface area contributed by atoms with Crippen LogP contribution in [0.4, 0.5) is 0 Å². The Kier molecular flexibility index (Phi) is 4.45. The Bertz CT molecular complexity index is 359. The van der Waals surface area contributed by atoms with Crippen LogP contribution in [0.3, 0.4) is 0 Å². The van der Waals surface area contributed by atoms with E-state index in [1.54, 1.807) is 0 Å². The molecule has 1 aliphatic carbocycles. The van der Waals surface area contributed by atoms with Crippen LogP contribution in [0.1, 0.15) is 57.9 Å². The highest BCUT2D eigenvalue weighted by Crippen LogP contribution is 2.42. The van der Waals surface area contributed by atoms with Crippen molar-refractivity contribution in [2.75, 3.05) is 0 Å². The molecule has 0 saturated heterocycles. The van der Waals surface area contributed by atoms with E-state index in [2.05, 4.69) is 44.2 Å². The quantitative estimate of drug-likeness (QED) is 0.832. The van der Waals surface area contributed by atoms with Gasteiger partial charge in [-0.15, -0.1) is 0 Å². The van der Waals surface area contributed by atoms with Crippen molar-refractivity contribution < 1.29 is 0 Å². The fourth-order valence-corrected chi connectivity index (χ4v) is 3.65. The average Bonchev–Trinajstić information content (AvgIpc) is 2.40. The van der Waals surface area contributed by atoms with Crippen molar-refractivity contribution in [2.24, 2.45) is 17.6 Å². The third kappa shape index (κ3) is 2.77. The van der Waals surface area contributed by atoms with Gasteiger partial charge in [0.15, 0.2) is 0 Å². The second-order valence-electron chi connectivity index (χ2n) is 6.13. The average molecular weight is 245 g/mol. The molecule has 1 saturated carbocycles. The minimum Gasteiger partial charge on any atom is -0.321 e. The predicted octanol–water partition coefficient (Wildman–Crippen LogP) is 4.47. The van der Waals surface area contributed by atoms with Gasteiger partial charge in [-0.05, 0) is 36.7 Å². The van der Waals surface area contributed by atoms with E-state index in [1.807, 2.05) is 0 Å². The van der Waals surface area contributed by atoms with Crippen molar-refractivity contribution in [3.05, 3.63) is 35.9 Å². The maximum Gasteiger partial charge on any atom is 0.0438 e. The van der Waals surface area contributed by atoms with Gasteiger partial charge < -0.3 is 5.73 Å². The lowest BCUT2D eigenvalue weighted by atomic mass is 9.67. The van der Waals surface area contributed by atoms with E-state index in [0.29, 0.717) is 5.92 Å². The summed E-state index contributed by atoms with van der Waals surface area (Å²) in [7, 11) is 0. The topological polar surface area (TPSA) is 26.0 Å². The molecule has 0 spiro atoms. The van der Waals surface area contributed by atoms with E-state index in [4.69, 9.17) is 5.73 Å². The summed E-state index contributed by atoms with van der Waals surface area (Å²) < 4.78 is 0.